The van der Waals surface area contributed by atoms with E-state index < -0.39 is 0 Å². The van der Waals surface area contributed by atoms with Gasteiger partial charge in [-0.15, -0.1) is 0 Å². The van der Waals surface area contributed by atoms with Crippen molar-refractivity contribution in [2.75, 3.05) is 26.3 Å². The first-order valence-corrected chi connectivity index (χ1v) is 8.94. The first-order chi connectivity index (χ1) is 12.1. The number of hydrogen-bond acceptors (Lipinski definition) is 4. The van der Waals surface area contributed by atoms with Gasteiger partial charge in [0.25, 0.3) is 0 Å². The van der Waals surface area contributed by atoms with Crippen LogP contribution in [0.4, 0.5) is 0 Å². The third-order valence-corrected chi connectivity index (χ3v) is 3.55. The molecular formula is C21H33N3O. The summed E-state index contributed by atoms with van der Waals surface area (Å²) >= 11 is 0. The normalized spacial score (nSPS) is 14.0. The molecule has 1 heterocycles. The van der Waals surface area contributed by atoms with Gasteiger partial charge in [0.2, 0.25) is 0 Å². The van der Waals surface area contributed by atoms with Gasteiger partial charge in [-0.1, -0.05) is 26.0 Å². The molecule has 0 fully saturated rings. The number of allylic oxidation sites excluding steroid dienone is 9. The lowest BCUT2D eigenvalue weighted by Gasteiger charge is -2.29. The minimum absolute atomic E-state index is 0.674. The molecule has 0 atom stereocenters. The first-order valence-electron chi connectivity index (χ1n) is 8.94. The Balaban J connectivity index is 0.00000277. The van der Waals surface area contributed by atoms with Crippen LogP contribution < -0.4 is 5.32 Å². The van der Waals surface area contributed by atoms with Crippen LogP contribution >= 0.6 is 0 Å². The molecule has 0 aromatic rings. The maximum Gasteiger partial charge on any atom is 0.0950 e. The van der Waals surface area contributed by atoms with Crippen molar-refractivity contribution in [2.24, 2.45) is 0 Å². The molecule has 0 saturated carbocycles. The molecule has 0 radical (unpaired) electrons. The lowest BCUT2D eigenvalue weighted by Crippen LogP contribution is -2.27. The van der Waals surface area contributed by atoms with Gasteiger partial charge in [-0.05, 0) is 57.7 Å². The van der Waals surface area contributed by atoms with Crippen molar-refractivity contribution in [3.8, 4) is 6.07 Å². The summed E-state index contributed by atoms with van der Waals surface area (Å²) < 4.78 is 5.66. The Labute approximate surface area is 153 Å². The second kappa shape index (κ2) is 14.1. The number of rotatable bonds is 8. The number of nitrogens with zero attached hydrogens (tertiary/aromatic N) is 2. The zero-order valence-corrected chi connectivity index (χ0v) is 16.6. The lowest BCUT2D eigenvalue weighted by molar-refractivity contribution is 0.123. The molecule has 25 heavy (non-hydrogen) atoms. The molecule has 0 spiro atoms. The predicted molar refractivity (Wildman–Crippen MR) is 107 cm³/mol. The molecule has 1 aliphatic heterocycles. The van der Waals surface area contributed by atoms with Gasteiger partial charge in [0, 0.05) is 30.1 Å². The minimum Gasteiger partial charge on any atom is -0.389 e. The summed E-state index contributed by atoms with van der Waals surface area (Å²) in [5.41, 5.74) is 4.03. The fourth-order valence-corrected chi connectivity index (χ4v) is 2.27. The van der Waals surface area contributed by atoms with E-state index in [1.54, 1.807) is 0 Å². The van der Waals surface area contributed by atoms with E-state index in [2.05, 4.69) is 42.3 Å². The molecule has 1 rings (SSSR count). The molecule has 0 aromatic heterocycles. The van der Waals surface area contributed by atoms with Gasteiger partial charge < -0.3 is 15.0 Å². The van der Waals surface area contributed by atoms with E-state index in [1.807, 2.05) is 52.1 Å². The highest BCUT2D eigenvalue weighted by atomic mass is 16.5. The lowest BCUT2D eigenvalue weighted by atomic mass is 10.0. The second-order valence-corrected chi connectivity index (χ2v) is 5.37. The molecule has 0 unspecified atom stereocenters. The van der Waals surface area contributed by atoms with Gasteiger partial charge in [-0.3, -0.25) is 0 Å². The summed E-state index contributed by atoms with van der Waals surface area (Å²) in [6.07, 6.45) is 11.9. The number of hydrogen-bond donors (Lipinski definition) is 1. The molecule has 0 amide bonds. The molecule has 4 nitrogen and oxygen atoms in total. The van der Waals surface area contributed by atoms with Gasteiger partial charge in [0.05, 0.1) is 19.3 Å². The van der Waals surface area contributed by atoms with Gasteiger partial charge in [0.1, 0.15) is 0 Å². The fraction of sp³-hybridized carbons (Fsp3) is 0.476. The number of nitrogens with one attached hydrogen (secondary N) is 1. The monoisotopic (exact) mass is 343 g/mol. The topological polar surface area (TPSA) is 48.3 Å². The average molecular weight is 344 g/mol. The fourth-order valence-electron chi connectivity index (χ4n) is 2.27. The Hall–Kier alpha value is -2.25. The zero-order valence-electron chi connectivity index (χ0n) is 16.6. The Morgan fingerprint density at radius 1 is 1.20 bits per heavy atom. The smallest absolute Gasteiger partial charge is 0.0950 e. The summed E-state index contributed by atoms with van der Waals surface area (Å²) in [5.74, 6) is 0. The first kappa shape index (κ1) is 22.8. The van der Waals surface area contributed by atoms with Gasteiger partial charge in [-0.2, -0.15) is 5.26 Å². The highest BCUT2D eigenvalue weighted by Crippen LogP contribution is 2.23. The van der Waals surface area contributed by atoms with Crippen LogP contribution in [0.3, 0.4) is 0 Å². The van der Waals surface area contributed by atoms with Crippen LogP contribution in [-0.4, -0.2) is 31.2 Å². The van der Waals surface area contributed by atoms with Crippen LogP contribution in [0.1, 0.15) is 41.5 Å². The van der Waals surface area contributed by atoms with Gasteiger partial charge >= 0.3 is 0 Å². The van der Waals surface area contributed by atoms with Gasteiger partial charge in [-0.25, -0.2) is 0 Å². The molecule has 138 valence electrons. The highest BCUT2D eigenvalue weighted by Gasteiger charge is 2.14. The molecular weight excluding hydrogens is 310 g/mol. The van der Waals surface area contributed by atoms with Crippen molar-refractivity contribution < 1.29 is 4.74 Å². The average Bonchev–Trinajstić information content (AvgIpc) is 2.63. The van der Waals surface area contributed by atoms with Crippen molar-refractivity contribution in [1.82, 2.24) is 10.2 Å². The summed E-state index contributed by atoms with van der Waals surface area (Å²) in [4.78, 5) is 2.22. The van der Waals surface area contributed by atoms with Crippen LogP contribution in [0.2, 0.25) is 0 Å². The Kier molecular flexibility index (Phi) is 12.9. The third-order valence-electron chi connectivity index (χ3n) is 3.55. The molecule has 1 N–H and O–H groups in total. The van der Waals surface area contributed by atoms with E-state index in [0.29, 0.717) is 13.2 Å². The van der Waals surface area contributed by atoms with Crippen molar-refractivity contribution >= 4 is 0 Å². The Bertz CT molecular complexity index is 552. The van der Waals surface area contributed by atoms with Crippen molar-refractivity contribution in [1.29, 1.82) is 5.26 Å². The standard InChI is InChI=1S/C19H27N3O.C2H6/c1-5-6-7-8-21-9-11-23-12-10-22-17(3)13-19(14-18(22)4)16(2)15-20;1-2/h5-8,13-14,21H,9-12H2,1-4H3;1-2H3/b6-5-,8-7-;. The number of ether oxygens (including phenoxy) is 1. The summed E-state index contributed by atoms with van der Waals surface area (Å²) in [6.45, 7) is 14.9. The predicted octanol–water partition coefficient (Wildman–Crippen LogP) is 4.67. The van der Waals surface area contributed by atoms with Crippen LogP contribution in [-0.2, 0) is 4.74 Å². The molecule has 4 heteroatoms. The van der Waals surface area contributed by atoms with E-state index >= 15 is 0 Å². The second-order valence-electron chi connectivity index (χ2n) is 5.37. The molecule has 0 bridgehead atoms. The van der Waals surface area contributed by atoms with Crippen molar-refractivity contribution in [2.45, 2.75) is 41.5 Å². The Morgan fingerprint density at radius 2 is 1.84 bits per heavy atom. The number of nitriles is 1. The highest BCUT2D eigenvalue weighted by molar-refractivity contribution is 5.46. The van der Waals surface area contributed by atoms with Crippen molar-refractivity contribution in [3.63, 3.8) is 0 Å². The van der Waals surface area contributed by atoms with E-state index in [9.17, 15) is 0 Å². The molecule has 1 aliphatic rings. The van der Waals surface area contributed by atoms with Crippen LogP contribution in [0.15, 0.2) is 59.1 Å². The quantitative estimate of drug-likeness (QED) is 0.395. The summed E-state index contributed by atoms with van der Waals surface area (Å²) in [6, 6.07) is 2.21. The molecule has 0 saturated heterocycles. The molecule has 0 aromatic carbocycles. The largest absolute Gasteiger partial charge is 0.389 e. The SMILES string of the molecule is C/C=C\C=C/NCCOCCN1C(C)=CC(=C(C)C#N)C=C1C.CC. The summed E-state index contributed by atoms with van der Waals surface area (Å²) in [5, 5.41) is 12.2. The van der Waals surface area contributed by atoms with E-state index in [-0.39, 0.29) is 0 Å². The van der Waals surface area contributed by atoms with E-state index in [1.165, 1.54) is 0 Å². The summed E-state index contributed by atoms with van der Waals surface area (Å²) in [7, 11) is 0. The zero-order chi connectivity index (χ0) is 19.1. The van der Waals surface area contributed by atoms with Gasteiger partial charge in [0.15, 0.2) is 0 Å². The third kappa shape index (κ3) is 8.97. The van der Waals surface area contributed by atoms with E-state index in [4.69, 9.17) is 10.00 Å². The Morgan fingerprint density at radius 3 is 2.40 bits per heavy atom. The van der Waals surface area contributed by atoms with Crippen LogP contribution in [0.25, 0.3) is 0 Å². The maximum absolute atomic E-state index is 9.00. The van der Waals surface area contributed by atoms with Crippen LogP contribution in [0, 0.1) is 11.3 Å². The van der Waals surface area contributed by atoms with Crippen LogP contribution in [0.5, 0.6) is 0 Å². The van der Waals surface area contributed by atoms with E-state index in [0.717, 1.165) is 35.6 Å². The minimum atomic E-state index is 0.674. The van der Waals surface area contributed by atoms with Crippen molar-refractivity contribution in [3.05, 3.63) is 59.1 Å². The maximum atomic E-state index is 9.00. The molecule has 0 aliphatic carbocycles.